The van der Waals surface area contributed by atoms with Crippen molar-refractivity contribution in [2.45, 2.75) is 26.2 Å². The fourth-order valence-electron chi connectivity index (χ4n) is 2.74. The lowest BCUT2D eigenvalue weighted by molar-refractivity contribution is 0.0950. The zero-order chi connectivity index (χ0) is 15.4. The SMILES string of the molecule is COCc1ccccc1CNC(=O)c1ccc2c(c1)CNC2.Cl. The molecule has 0 bridgehead atoms. The second kappa shape index (κ2) is 8.11. The molecule has 0 atom stereocenters. The van der Waals surface area contributed by atoms with Crippen molar-refractivity contribution < 1.29 is 9.53 Å². The Morgan fingerprint density at radius 2 is 1.87 bits per heavy atom. The third-order valence-electron chi connectivity index (χ3n) is 3.96. The van der Waals surface area contributed by atoms with Gasteiger partial charge in [0.2, 0.25) is 0 Å². The number of ether oxygens (including phenoxy) is 1. The van der Waals surface area contributed by atoms with E-state index in [0.717, 1.165) is 24.2 Å². The van der Waals surface area contributed by atoms with Crippen LogP contribution < -0.4 is 10.6 Å². The largest absolute Gasteiger partial charge is 0.380 e. The molecule has 5 heteroatoms. The zero-order valence-corrected chi connectivity index (χ0v) is 13.9. The van der Waals surface area contributed by atoms with Crippen LogP contribution in [0, 0.1) is 0 Å². The molecule has 1 aliphatic rings. The highest BCUT2D eigenvalue weighted by atomic mass is 35.5. The first-order valence-electron chi connectivity index (χ1n) is 7.44. The number of methoxy groups -OCH3 is 1. The van der Waals surface area contributed by atoms with Crippen LogP contribution >= 0.6 is 12.4 Å². The van der Waals surface area contributed by atoms with Crippen LogP contribution in [0.2, 0.25) is 0 Å². The number of hydrogen-bond donors (Lipinski definition) is 2. The number of hydrogen-bond acceptors (Lipinski definition) is 3. The number of carbonyl (C=O) groups excluding carboxylic acids is 1. The Balaban J connectivity index is 0.00000192. The number of fused-ring (bicyclic) bond motifs is 1. The van der Waals surface area contributed by atoms with Gasteiger partial charge in [0.05, 0.1) is 6.61 Å². The molecule has 0 aliphatic carbocycles. The predicted octanol–water partition coefficient (Wildman–Crippen LogP) is 2.79. The molecule has 0 spiro atoms. The van der Waals surface area contributed by atoms with Crippen molar-refractivity contribution >= 4 is 18.3 Å². The highest BCUT2D eigenvalue weighted by Gasteiger charge is 2.13. The summed E-state index contributed by atoms with van der Waals surface area (Å²) in [5.41, 5.74) is 5.39. The molecule has 1 aliphatic heterocycles. The molecule has 23 heavy (non-hydrogen) atoms. The maximum absolute atomic E-state index is 12.3. The minimum atomic E-state index is -0.0399. The molecule has 2 aromatic carbocycles. The third kappa shape index (κ3) is 4.10. The highest BCUT2D eigenvalue weighted by molar-refractivity contribution is 5.94. The van der Waals surface area contributed by atoms with E-state index in [9.17, 15) is 4.79 Å². The fraction of sp³-hybridized carbons (Fsp3) is 0.278. The van der Waals surface area contributed by atoms with Crippen LogP contribution in [0.1, 0.15) is 32.6 Å². The Labute approximate surface area is 142 Å². The topological polar surface area (TPSA) is 50.4 Å². The molecule has 0 unspecified atom stereocenters. The van der Waals surface area contributed by atoms with Gasteiger partial charge < -0.3 is 15.4 Å². The van der Waals surface area contributed by atoms with E-state index in [2.05, 4.69) is 10.6 Å². The van der Waals surface area contributed by atoms with Crippen LogP contribution in [0.15, 0.2) is 42.5 Å². The Hall–Kier alpha value is -1.88. The number of amides is 1. The van der Waals surface area contributed by atoms with E-state index in [0.29, 0.717) is 18.7 Å². The molecule has 3 rings (SSSR count). The number of rotatable bonds is 5. The van der Waals surface area contributed by atoms with E-state index in [1.54, 1.807) is 7.11 Å². The van der Waals surface area contributed by atoms with E-state index >= 15 is 0 Å². The van der Waals surface area contributed by atoms with Crippen molar-refractivity contribution in [3.05, 3.63) is 70.3 Å². The third-order valence-corrected chi connectivity index (χ3v) is 3.96. The number of nitrogens with one attached hydrogen (secondary N) is 2. The van der Waals surface area contributed by atoms with Crippen LogP contribution in [0.3, 0.4) is 0 Å². The van der Waals surface area contributed by atoms with E-state index in [1.165, 1.54) is 11.1 Å². The van der Waals surface area contributed by atoms with Gasteiger partial charge in [-0.2, -0.15) is 0 Å². The van der Waals surface area contributed by atoms with E-state index in [1.807, 2.05) is 42.5 Å². The minimum absolute atomic E-state index is 0. The molecule has 4 nitrogen and oxygen atoms in total. The minimum Gasteiger partial charge on any atom is -0.380 e. The van der Waals surface area contributed by atoms with Gasteiger partial charge in [-0.25, -0.2) is 0 Å². The second-order valence-electron chi connectivity index (χ2n) is 5.47. The van der Waals surface area contributed by atoms with E-state index in [-0.39, 0.29) is 18.3 Å². The molecule has 0 radical (unpaired) electrons. The Kier molecular flexibility index (Phi) is 6.16. The van der Waals surface area contributed by atoms with Gasteiger partial charge in [0, 0.05) is 32.3 Å². The van der Waals surface area contributed by atoms with Crippen molar-refractivity contribution in [2.24, 2.45) is 0 Å². The van der Waals surface area contributed by atoms with Crippen molar-refractivity contribution in [3.8, 4) is 0 Å². The number of benzene rings is 2. The van der Waals surface area contributed by atoms with Crippen LogP contribution in [-0.2, 0) is 31.0 Å². The van der Waals surface area contributed by atoms with Crippen LogP contribution in [-0.4, -0.2) is 13.0 Å². The number of halogens is 1. The zero-order valence-electron chi connectivity index (χ0n) is 13.1. The second-order valence-corrected chi connectivity index (χ2v) is 5.47. The molecular weight excluding hydrogens is 312 g/mol. The van der Waals surface area contributed by atoms with Crippen molar-refractivity contribution in [1.82, 2.24) is 10.6 Å². The Morgan fingerprint density at radius 3 is 2.65 bits per heavy atom. The van der Waals surface area contributed by atoms with Gasteiger partial charge in [-0.1, -0.05) is 30.3 Å². The average Bonchev–Trinajstić information content (AvgIpc) is 3.01. The summed E-state index contributed by atoms with van der Waals surface area (Å²) in [5.74, 6) is -0.0399. The summed E-state index contributed by atoms with van der Waals surface area (Å²) in [6, 6.07) is 13.9. The fourth-order valence-corrected chi connectivity index (χ4v) is 2.74. The summed E-state index contributed by atoms with van der Waals surface area (Å²) < 4.78 is 5.19. The van der Waals surface area contributed by atoms with Gasteiger partial charge in [-0.3, -0.25) is 4.79 Å². The van der Waals surface area contributed by atoms with Crippen molar-refractivity contribution in [1.29, 1.82) is 0 Å². The molecular formula is C18H21ClN2O2. The first-order valence-corrected chi connectivity index (χ1v) is 7.44. The van der Waals surface area contributed by atoms with Gasteiger partial charge >= 0.3 is 0 Å². The maximum Gasteiger partial charge on any atom is 0.251 e. The first kappa shape index (κ1) is 17.5. The number of carbonyl (C=O) groups is 1. The first-order chi connectivity index (χ1) is 10.8. The van der Waals surface area contributed by atoms with Crippen LogP contribution in [0.4, 0.5) is 0 Å². The van der Waals surface area contributed by atoms with Gasteiger partial charge in [-0.05, 0) is 34.4 Å². The lowest BCUT2D eigenvalue weighted by Gasteiger charge is -2.10. The summed E-state index contributed by atoms with van der Waals surface area (Å²) in [6.45, 7) is 2.79. The average molecular weight is 333 g/mol. The molecule has 2 N–H and O–H groups in total. The Bertz CT molecular complexity index is 688. The van der Waals surface area contributed by atoms with Crippen LogP contribution in [0.25, 0.3) is 0 Å². The van der Waals surface area contributed by atoms with Gasteiger partial charge in [0.25, 0.3) is 5.91 Å². The quantitative estimate of drug-likeness (QED) is 0.885. The summed E-state index contributed by atoms with van der Waals surface area (Å²) in [6.07, 6.45) is 0. The lowest BCUT2D eigenvalue weighted by atomic mass is 10.1. The molecule has 0 fully saturated rings. The summed E-state index contributed by atoms with van der Waals surface area (Å²) >= 11 is 0. The van der Waals surface area contributed by atoms with Gasteiger partial charge in [0.1, 0.15) is 0 Å². The monoisotopic (exact) mass is 332 g/mol. The van der Waals surface area contributed by atoms with E-state index in [4.69, 9.17) is 4.74 Å². The highest BCUT2D eigenvalue weighted by Crippen LogP contribution is 2.17. The predicted molar refractivity (Wildman–Crippen MR) is 92.6 cm³/mol. The summed E-state index contributed by atoms with van der Waals surface area (Å²) in [5, 5.41) is 6.28. The van der Waals surface area contributed by atoms with Crippen LogP contribution in [0.5, 0.6) is 0 Å². The van der Waals surface area contributed by atoms with Gasteiger partial charge in [0.15, 0.2) is 0 Å². The standard InChI is InChI=1S/C18H20N2O2.ClH/c1-22-12-16-5-3-2-4-14(16)11-20-18(21)13-6-7-15-9-19-10-17(15)8-13;/h2-8,19H,9-12H2,1H3,(H,20,21);1H. The smallest absolute Gasteiger partial charge is 0.251 e. The summed E-state index contributed by atoms with van der Waals surface area (Å²) in [4.78, 5) is 12.3. The molecule has 2 aromatic rings. The Morgan fingerprint density at radius 1 is 1.13 bits per heavy atom. The molecule has 0 saturated carbocycles. The molecule has 1 amide bonds. The normalized spacial score (nSPS) is 12.4. The molecule has 1 heterocycles. The van der Waals surface area contributed by atoms with Gasteiger partial charge in [-0.15, -0.1) is 12.4 Å². The van der Waals surface area contributed by atoms with E-state index < -0.39 is 0 Å². The van der Waals surface area contributed by atoms with Crippen molar-refractivity contribution in [3.63, 3.8) is 0 Å². The molecule has 122 valence electrons. The molecule has 0 saturated heterocycles. The lowest BCUT2D eigenvalue weighted by Crippen LogP contribution is -2.23. The maximum atomic E-state index is 12.3. The summed E-state index contributed by atoms with van der Waals surface area (Å²) in [7, 11) is 1.67. The molecule has 0 aromatic heterocycles. The van der Waals surface area contributed by atoms with Crippen molar-refractivity contribution in [2.75, 3.05) is 7.11 Å².